The molecule has 1 fully saturated rings. The summed E-state index contributed by atoms with van der Waals surface area (Å²) in [4.78, 5) is 37.4. The molecular weight excluding hydrogens is 282 g/mol. The Kier molecular flexibility index (Phi) is 4.22. The molecule has 0 atom stereocenters. The highest BCUT2D eigenvalue weighted by Gasteiger charge is 2.35. The molecular formula is C17H19NO4. The molecule has 1 aromatic carbocycles. The van der Waals surface area contributed by atoms with Gasteiger partial charge in [-0.05, 0) is 25.0 Å². The average molecular weight is 301 g/mol. The molecule has 0 N–H and O–H groups in total. The minimum atomic E-state index is -0.311. The Morgan fingerprint density at radius 3 is 2.23 bits per heavy atom. The lowest BCUT2D eigenvalue weighted by Crippen LogP contribution is -2.34. The van der Waals surface area contributed by atoms with Gasteiger partial charge < -0.3 is 4.74 Å². The summed E-state index contributed by atoms with van der Waals surface area (Å²) >= 11 is 0. The van der Waals surface area contributed by atoms with E-state index in [0.717, 1.165) is 30.6 Å². The molecule has 2 aliphatic rings. The van der Waals surface area contributed by atoms with Gasteiger partial charge in [0, 0.05) is 0 Å². The average Bonchev–Trinajstić information content (AvgIpc) is 2.81. The number of rotatable bonds is 4. The highest BCUT2D eigenvalue weighted by molar-refractivity contribution is 6.21. The molecule has 2 amide bonds. The van der Waals surface area contributed by atoms with E-state index in [4.69, 9.17) is 4.74 Å². The van der Waals surface area contributed by atoms with Gasteiger partial charge >= 0.3 is 5.97 Å². The molecule has 0 bridgehead atoms. The number of esters is 1. The second-order valence-electron chi connectivity index (χ2n) is 5.81. The van der Waals surface area contributed by atoms with Gasteiger partial charge in [0.05, 0.1) is 23.6 Å². The maximum absolute atomic E-state index is 12.1. The van der Waals surface area contributed by atoms with E-state index in [1.807, 2.05) is 0 Å². The summed E-state index contributed by atoms with van der Waals surface area (Å²) in [6, 6.07) is 6.75. The van der Waals surface area contributed by atoms with Crippen LogP contribution < -0.4 is 0 Å². The minimum Gasteiger partial charge on any atom is -0.464 e. The van der Waals surface area contributed by atoms with Crippen LogP contribution in [0.3, 0.4) is 0 Å². The standard InChI is InChI=1S/C17H19NO4/c19-15-13-8-4-5-9-14(13)16(20)18(15)10-11-22-17(21)12-6-2-1-3-7-12/h4-5,8-9,12H,1-3,6-7,10-11H2. The maximum atomic E-state index is 12.1. The van der Waals surface area contributed by atoms with Crippen LogP contribution in [-0.2, 0) is 9.53 Å². The normalized spacial score (nSPS) is 18.5. The van der Waals surface area contributed by atoms with Crippen LogP contribution in [0.4, 0.5) is 0 Å². The summed E-state index contributed by atoms with van der Waals surface area (Å²) in [7, 11) is 0. The van der Waals surface area contributed by atoms with E-state index in [1.54, 1.807) is 24.3 Å². The molecule has 1 saturated carbocycles. The van der Waals surface area contributed by atoms with Crippen LogP contribution in [0.1, 0.15) is 52.8 Å². The van der Waals surface area contributed by atoms with Gasteiger partial charge in [-0.15, -0.1) is 0 Å². The van der Waals surface area contributed by atoms with E-state index in [9.17, 15) is 14.4 Å². The number of nitrogens with zero attached hydrogens (tertiary/aromatic N) is 1. The number of benzene rings is 1. The predicted molar refractivity (Wildman–Crippen MR) is 79.3 cm³/mol. The Balaban J connectivity index is 1.53. The van der Waals surface area contributed by atoms with E-state index < -0.39 is 0 Å². The molecule has 0 unspecified atom stereocenters. The van der Waals surface area contributed by atoms with Gasteiger partial charge in [-0.25, -0.2) is 0 Å². The van der Waals surface area contributed by atoms with E-state index in [1.165, 1.54) is 6.42 Å². The monoisotopic (exact) mass is 301 g/mol. The minimum absolute atomic E-state index is 0.0177. The molecule has 1 aliphatic carbocycles. The molecule has 0 aromatic heterocycles. The van der Waals surface area contributed by atoms with Gasteiger partial charge in [-0.2, -0.15) is 0 Å². The molecule has 1 heterocycles. The summed E-state index contributed by atoms with van der Waals surface area (Å²) in [5.41, 5.74) is 0.845. The second kappa shape index (κ2) is 6.30. The van der Waals surface area contributed by atoms with Crippen LogP contribution in [-0.4, -0.2) is 35.8 Å². The molecule has 3 rings (SSSR count). The third-order valence-electron chi connectivity index (χ3n) is 4.38. The Hall–Kier alpha value is -2.17. The number of fused-ring (bicyclic) bond motifs is 1. The van der Waals surface area contributed by atoms with E-state index in [-0.39, 0.29) is 36.9 Å². The first-order valence-electron chi connectivity index (χ1n) is 7.80. The lowest BCUT2D eigenvalue weighted by atomic mass is 9.89. The van der Waals surface area contributed by atoms with Crippen molar-refractivity contribution < 1.29 is 19.1 Å². The zero-order chi connectivity index (χ0) is 15.5. The summed E-state index contributed by atoms with van der Waals surface area (Å²) in [6.07, 6.45) is 5.08. The van der Waals surface area contributed by atoms with Crippen LogP contribution in [0, 0.1) is 5.92 Å². The lowest BCUT2D eigenvalue weighted by molar-refractivity contribution is -0.149. The summed E-state index contributed by atoms with van der Waals surface area (Å²) in [6.45, 7) is 0.186. The number of hydrogen-bond donors (Lipinski definition) is 0. The number of ether oxygens (including phenoxy) is 1. The lowest BCUT2D eigenvalue weighted by Gasteiger charge is -2.20. The zero-order valence-electron chi connectivity index (χ0n) is 12.4. The van der Waals surface area contributed by atoms with Crippen LogP contribution >= 0.6 is 0 Å². The summed E-state index contributed by atoms with van der Waals surface area (Å²) < 4.78 is 5.25. The highest BCUT2D eigenvalue weighted by Crippen LogP contribution is 2.25. The van der Waals surface area contributed by atoms with Crippen molar-refractivity contribution in [3.05, 3.63) is 35.4 Å². The third kappa shape index (κ3) is 2.75. The molecule has 0 saturated heterocycles. The van der Waals surface area contributed by atoms with Crippen molar-refractivity contribution in [1.82, 2.24) is 4.90 Å². The van der Waals surface area contributed by atoms with Gasteiger partial charge in [0.25, 0.3) is 11.8 Å². The fraction of sp³-hybridized carbons (Fsp3) is 0.471. The van der Waals surface area contributed by atoms with Crippen LogP contribution in [0.5, 0.6) is 0 Å². The molecule has 116 valence electrons. The first-order valence-corrected chi connectivity index (χ1v) is 7.80. The van der Waals surface area contributed by atoms with Crippen LogP contribution in [0.2, 0.25) is 0 Å². The number of amides is 2. The third-order valence-corrected chi connectivity index (χ3v) is 4.38. The Bertz CT molecular complexity index is 569. The van der Waals surface area contributed by atoms with E-state index in [2.05, 4.69) is 0 Å². The second-order valence-corrected chi connectivity index (χ2v) is 5.81. The number of imide groups is 1. The number of hydrogen-bond acceptors (Lipinski definition) is 4. The van der Waals surface area contributed by atoms with Gasteiger partial charge in [0.15, 0.2) is 0 Å². The molecule has 1 aromatic rings. The van der Waals surface area contributed by atoms with Crippen molar-refractivity contribution in [2.24, 2.45) is 5.92 Å². The molecule has 1 aliphatic heterocycles. The first-order chi connectivity index (χ1) is 10.7. The van der Waals surface area contributed by atoms with Gasteiger partial charge in [0.1, 0.15) is 6.61 Å². The van der Waals surface area contributed by atoms with Gasteiger partial charge in [-0.3, -0.25) is 19.3 Å². The number of carbonyl (C=O) groups is 3. The maximum Gasteiger partial charge on any atom is 0.308 e. The Morgan fingerprint density at radius 2 is 1.64 bits per heavy atom. The zero-order valence-corrected chi connectivity index (χ0v) is 12.4. The van der Waals surface area contributed by atoms with Crippen molar-refractivity contribution in [2.75, 3.05) is 13.2 Å². The van der Waals surface area contributed by atoms with Crippen molar-refractivity contribution >= 4 is 17.8 Å². The summed E-state index contributed by atoms with van der Waals surface area (Å²) in [5, 5.41) is 0. The Labute approximate surface area is 129 Å². The van der Waals surface area contributed by atoms with Gasteiger partial charge in [-0.1, -0.05) is 31.4 Å². The summed E-state index contributed by atoms with van der Waals surface area (Å²) in [5.74, 6) is -0.837. The predicted octanol–water partition coefficient (Wildman–Crippen LogP) is 2.41. The molecule has 0 spiro atoms. The van der Waals surface area contributed by atoms with E-state index in [0.29, 0.717) is 11.1 Å². The van der Waals surface area contributed by atoms with Crippen molar-refractivity contribution in [1.29, 1.82) is 0 Å². The fourth-order valence-corrected chi connectivity index (χ4v) is 3.14. The number of carbonyl (C=O) groups excluding carboxylic acids is 3. The van der Waals surface area contributed by atoms with E-state index >= 15 is 0 Å². The van der Waals surface area contributed by atoms with Crippen LogP contribution in [0.15, 0.2) is 24.3 Å². The highest BCUT2D eigenvalue weighted by atomic mass is 16.5. The van der Waals surface area contributed by atoms with Crippen LogP contribution in [0.25, 0.3) is 0 Å². The van der Waals surface area contributed by atoms with Crippen molar-refractivity contribution in [3.63, 3.8) is 0 Å². The topological polar surface area (TPSA) is 63.7 Å². The van der Waals surface area contributed by atoms with Gasteiger partial charge in [0.2, 0.25) is 0 Å². The molecule has 5 nitrogen and oxygen atoms in total. The fourth-order valence-electron chi connectivity index (χ4n) is 3.14. The first kappa shape index (κ1) is 14.8. The van der Waals surface area contributed by atoms with Crippen molar-refractivity contribution in [3.8, 4) is 0 Å². The quantitative estimate of drug-likeness (QED) is 0.633. The Morgan fingerprint density at radius 1 is 1.05 bits per heavy atom. The molecule has 0 radical (unpaired) electrons. The smallest absolute Gasteiger partial charge is 0.308 e. The SMILES string of the molecule is O=C(OCCN1C(=O)c2ccccc2C1=O)C1CCCCC1. The molecule has 5 heteroatoms. The van der Waals surface area contributed by atoms with Crippen molar-refractivity contribution in [2.45, 2.75) is 32.1 Å². The largest absolute Gasteiger partial charge is 0.464 e. The molecule has 22 heavy (non-hydrogen) atoms.